The number of hydrogen-bond acceptors (Lipinski definition) is 10. The van der Waals surface area contributed by atoms with Gasteiger partial charge >= 0.3 is 0 Å². The lowest BCUT2D eigenvalue weighted by Crippen LogP contribution is -1.84. The van der Waals surface area contributed by atoms with Crippen molar-refractivity contribution in [2.75, 3.05) is 0 Å². The summed E-state index contributed by atoms with van der Waals surface area (Å²) in [7, 11) is 0. The van der Waals surface area contributed by atoms with Gasteiger partial charge in [0.1, 0.15) is 0 Å². The van der Waals surface area contributed by atoms with Crippen LogP contribution in [0.15, 0.2) is 337 Å². The lowest BCUT2D eigenvalue weighted by atomic mass is 10.0. The summed E-state index contributed by atoms with van der Waals surface area (Å²) in [5.41, 5.74) is 24.0. The van der Waals surface area contributed by atoms with Crippen molar-refractivity contribution in [1.82, 2.24) is 24.9 Å². The van der Waals surface area contributed by atoms with Crippen molar-refractivity contribution in [3.63, 3.8) is 0 Å². The number of para-hydroxylation sites is 2. The average Bonchev–Trinajstić information content (AvgIpc) is 1.69. The number of thiophene rings is 2. The second-order valence-corrected chi connectivity index (χ2v) is 26.6. The second kappa shape index (κ2) is 33.9. The third-order valence-electron chi connectivity index (χ3n) is 17.6. The van der Waals surface area contributed by atoms with Crippen LogP contribution < -0.4 is 0 Å². The number of aryl methyl sites for hydroxylation is 2. The third-order valence-corrected chi connectivity index (χ3v) is 19.6. The van der Waals surface area contributed by atoms with Crippen LogP contribution in [0.1, 0.15) is 78.7 Å². The minimum Gasteiger partial charge on any atom is -0.367 e. The molecular formula is C89H73N13S2. The van der Waals surface area contributed by atoms with E-state index < -0.39 is 0 Å². The summed E-state index contributed by atoms with van der Waals surface area (Å²) >= 11 is 3.46. The average molecular weight is 1390 g/mol. The normalized spacial score (nSPS) is 13.5. The molecule has 13 nitrogen and oxygen atoms in total. The van der Waals surface area contributed by atoms with E-state index in [0.717, 1.165) is 96.6 Å². The Kier molecular flexibility index (Phi) is 22.2. The Hall–Kier alpha value is -13.1. The van der Waals surface area contributed by atoms with Crippen LogP contribution in [-0.4, -0.2) is 74.6 Å². The third kappa shape index (κ3) is 17.5. The molecular weight excluding hydrogens is 1320 g/mol. The van der Waals surface area contributed by atoms with Crippen LogP contribution in [0.2, 0.25) is 0 Å². The maximum Gasteiger partial charge on any atom is 0.0589 e. The maximum atomic E-state index is 4.20. The molecule has 0 bridgehead atoms. The number of allylic oxidation sites excluding steroid dienone is 12. The molecule has 7 aromatic heterocycles. The SMILES string of the molecule is C(=N\N=C\c1c[nH]c2ccccc12)/c1c[nH]c2ccccc12.C(=N\N=C\c1ccc2[nH]ccc2c1)/c1ccc2[nH]ccc2c1.C(=N\N=C\c1csc2ccccc12)/c1csc2ccccc12.C1=CC(/C=N/N=C/c2cc[nH]c2)=CC1.Cc1ccc2c(c1)CC=C2/C=C/C=C/C1=CCc2cc(C)ccc21. The molecule has 15 heteroatoms. The molecule has 0 unspecified atom stereocenters. The van der Waals surface area contributed by atoms with E-state index in [9.17, 15) is 0 Å². The Morgan fingerprint density at radius 2 is 0.827 bits per heavy atom. The molecule has 0 aliphatic heterocycles. The monoisotopic (exact) mass is 1390 g/mol. The first-order valence-corrected chi connectivity index (χ1v) is 36.0. The number of benzene rings is 8. The predicted octanol–water partition coefficient (Wildman–Crippen LogP) is 22.1. The van der Waals surface area contributed by atoms with Crippen LogP contribution in [-0.2, 0) is 12.8 Å². The molecule has 0 spiro atoms. The standard InChI is InChI=1S/C24H22.2C18H14N4.C18H12N2S2.C11H11N3/c1-17-7-13-23-19(9-11-21(23)15-17)5-3-4-6-20-10-12-22-16-18(2)8-14-24(20)22;1-3-17-15(5-7-19-17)9-13(1)11-21-22-12-14-2-4-18-16(10-14)6-8-20-18;1-3-7-17-15(5-1)13(9-19-17)11-21-22-12-14-10-20-18-8-4-2-6-16(14)18;1-3-7-17-15(5-1)13(11-21-17)9-19-20-10-14-12-22-18-8-4-2-6-16(14)18;1-2-4-10(3-1)8-13-14-9-11-5-6-12-7-11/h3-10,13-16H,11-12H2,1-2H3;2*1-12,19-20H;1-12H;1,3-9,12H,2H2/b5-3+,6-4+;2*21-11+,22-12+;19-9+,20-10+;13-8+,14-9+. The Balaban J connectivity index is 0.000000111. The van der Waals surface area contributed by atoms with E-state index in [4.69, 9.17) is 0 Å². The highest BCUT2D eigenvalue weighted by Gasteiger charge is 2.13. The van der Waals surface area contributed by atoms with Gasteiger partial charge in [-0.3, -0.25) is 0 Å². The number of nitrogens with zero attached hydrogens (tertiary/aromatic N) is 8. The Morgan fingerprint density at radius 1 is 0.365 bits per heavy atom. The molecule has 0 atom stereocenters. The molecule has 5 N–H and O–H groups in total. The highest BCUT2D eigenvalue weighted by Crippen LogP contribution is 2.32. The summed E-state index contributed by atoms with van der Waals surface area (Å²) < 4.78 is 2.55. The van der Waals surface area contributed by atoms with Crippen LogP contribution in [0.5, 0.6) is 0 Å². The quantitative estimate of drug-likeness (QED) is 0.0373. The van der Waals surface area contributed by atoms with Gasteiger partial charge in [0, 0.05) is 129 Å². The number of rotatable bonds is 15. The fraction of sp³-hybridized carbons (Fsp3) is 0.0562. The Morgan fingerprint density at radius 3 is 1.32 bits per heavy atom. The molecule has 18 rings (SSSR count). The van der Waals surface area contributed by atoms with Crippen LogP contribution in [0.4, 0.5) is 0 Å². The van der Waals surface area contributed by atoms with Crippen molar-refractivity contribution >= 4 is 147 Å². The lowest BCUT2D eigenvalue weighted by Gasteiger charge is -2.03. The molecule has 104 heavy (non-hydrogen) atoms. The lowest BCUT2D eigenvalue weighted by molar-refractivity contribution is 1.26. The van der Waals surface area contributed by atoms with Crippen LogP contribution in [0, 0.1) is 13.8 Å². The fourth-order valence-corrected chi connectivity index (χ4v) is 14.1. The summed E-state index contributed by atoms with van der Waals surface area (Å²) in [6, 6.07) is 64.7. The van der Waals surface area contributed by atoms with Crippen LogP contribution >= 0.6 is 22.7 Å². The van der Waals surface area contributed by atoms with Gasteiger partial charge < -0.3 is 24.9 Å². The van der Waals surface area contributed by atoms with Crippen molar-refractivity contribution in [3.8, 4) is 0 Å². The zero-order chi connectivity index (χ0) is 70.5. The predicted molar refractivity (Wildman–Crippen MR) is 445 cm³/mol. The van der Waals surface area contributed by atoms with E-state index >= 15 is 0 Å². The van der Waals surface area contributed by atoms with Gasteiger partial charge in [-0.05, 0) is 161 Å². The molecule has 0 radical (unpaired) electrons. The summed E-state index contributed by atoms with van der Waals surface area (Å²) in [5, 5.41) is 44.2. The topological polar surface area (TPSA) is 178 Å². The molecule has 3 aliphatic rings. The van der Waals surface area contributed by atoms with E-state index in [1.807, 2.05) is 147 Å². The zero-order valence-electron chi connectivity index (χ0n) is 57.3. The summed E-state index contributed by atoms with van der Waals surface area (Å²) in [5.74, 6) is 0. The maximum absolute atomic E-state index is 4.20. The van der Waals surface area contributed by atoms with Gasteiger partial charge in [0.25, 0.3) is 0 Å². The highest BCUT2D eigenvalue weighted by atomic mass is 32.1. The van der Waals surface area contributed by atoms with Crippen molar-refractivity contribution in [2.45, 2.75) is 33.1 Å². The van der Waals surface area contributed by atoms with Gasteiger partial charge in [-0.15, -0.1) is 22.7 Å². The van der Waals surface area contributed by atoms with Crippen LogP contribution in [0.3, 0.4) is 0 Å². The van der Waals surface area contributed by atoms with Gasteiger partial charge in [0.05, 0.1) is 49.7 Å². The molecule has 506 valence electrons. The first-order valence-electron chi connectivity index (χ1n) is 34.3. The smallest absolute Gasteiger partial charge is 0.0589 e. The van der Waals surface area contributed by atoms with Crippen molar-refractivity contribution < 1.29 is 0 Å². The van der Waals surface area contributed by atoms with Gasteiger partial charge in [0.2, 0.25) is 0 Å². The minimum absolute atomic E-state index is 1.00. The minimum atomic E-state index is 1.00. The molecule has 8 aromatic carbocycles. The van der Waals surface area contributed by atoms with Gasteiger partial charge in [0.15, 0.2) is 0 Å². The molecule has 15 aromatic rings. The first kappa shape index (κ1) is 68.1. The second-order valence-electron chi connectivity index (χ2n) is 24.8. The van der Waals surface area contributed by atoms with Crippen molar-refractivity contribution in [3.05, 3.63) is 369 Å². The largest absolute Gasteiger partial charge is 0.367 e. The number of aromatic amines is 5. The first-order chi connectivity index (χ1) is 51.4. The number of aromatic nitrogens is 5. The number of hydrogen-bond donors (Lipinski definition) is 5. The molecule has 0 amide bonds. The van der Waals surface area contributed by atoms with E-state index in [-0.39, 0.29) is 0 Å². The molecule has 3 aliphatic carbocycles. The van der Waals surface area contributed by atoms with Gasteiger partial charge in [-0.2, -0.15) is 40.8 Å². The number of nitrogens with one attached hydrogen (secondary N) is 5. The van der Waals surface area contributed by atoms with Gasteiger partial charge in [-0.25, -0.2) is 0 Å². The summed E-state index contributed by atoms with van der Waals surface area (Å²) in [6.07, 6.45) is 48.4. The number of H-pyrrole nitrogens is 5. The highest BCUT2D eigenvalue weighted by molar-refractivity contribution is 7.17. The Bertz CT molecular complexity index is 5460. The number of fused-ring (bicyclic) bond motifs is 8. The van der Waals surface area contributed by atoms with Crippen LogP contribution in [0.25, 0.3) is 74.9 Å². The van der Waals surface area contributed by atoms with Gasteiger partial charge in [-0.1, -0.05) is 187 Å². The summed E-state index contributed by atoms with van der Waals surface area (Å²) in [6.45, 7) is 4.32. The van der Waals surface area contributed by atoms with Crippen molar-refractivity contribution in [1.29, 1.82) is 0 Å². The van der Waals surface area contributed by atoms with E-state index in [1.165, 1.54) is 75.5 Å². The Labute approximate surface area is 610 Å². The molecule has 0 fully saturated rings. The van der Waals surface area contributed by atoms with E-state index in [0.29, 0.717) is 0 Å². The van der Waals surface area contributed by atoms with E-state index in [1.54, 1.807) is 60.0 Å². The molecule has 0 saturated carbocycles. The summed E-state index contributed by atoms with van der Waals surface area (Å²) in [4.78, 5) is 15.7. The fourth-order valence-electron chi connectivity index (χ4n) is 12.3. The molecule has 7 heterocycles. The zero-order valence-corrected chi connectivity index (χ0v) is 59.0. The molecule has 0 saturated heterocycles. The van der Waals surface area contributed by atoms with E-state index in [2.05, 4.69) is 236 Å². The van der Waals surface area contributed by atoms with Crippen molar-refractivity contribution in [2.24, 2.45) is 40.8 Å².